The van der Waals surface area contributed by atoms with Gasteiger partial charge >= 0.3 is 6.03 Å². The SMILES string of the molecule is CC(NC(=O)Nc1ccc(S(=O)(=O)Cc2ccc3c(c2)CN(C)C3)cc1F)c1ccccc1. The first kappa shape index (κ1) is 22.9. The fourth-order valence-electron chi connectivity index (χ4n) is 3.98. The van der Waals surface area contributed by atoms with E-state index in [-0.39, 0.29) is 22.4 Å². The van der Waals surface area contributed by atoms with Crippen molar-refractivity contribution < 1.29 is 17.6 Å². The van der Waals surface area contributed by atoms with E-state index in [9.17, 15) is 17.6 Å². The summed E-state index contributed by atoms with van der Waals surface area (Å²) >= 11 is 0. The highest BCUT2D eigenvalue weighted by molar-refractivity contribution is 7.90. The molecule has 0 fully saturated rings. The lowest BCUT2D eigenvalue weighted by atomic mass is 10.1. The molecule has 2 amide bonds. The Morgan fingerprint density at radius 3 is 2.48 bits per heavy atom. The second-order valence-electron chi connectivity index (χ2n) is 8.41. The van der Waals surface area contributed by atoms with Crippen molar-refractivity contribution in [1.29, 1.82) is 0 Å². The van der Waals surface area contributed by atoms with E-state index < -0.39 is 21.7 Å². The van der Waals surface area contributed by atoms with E-state index in [4.69, 9.17) is 0 Å². The van der Waals surface area contributed by atoms with Gasteiger partial charge in [0.1, 0.15) is 5.82 Å². The van der Waals surface area contributed by atoms with Crippen LogP contribution in [0.25, 0.3) is 0 Å². The Bertz CT molecular complexity index is 1280. The van der Waals surface area contributed by atoms with Crippen molar-refractivity contribution in [3.63, 3.8) is 0 Å². The molecule has 2 N–H and O–H groups in total. The zero-order valence-electron chi connectivity index (χ0n) is 18.5. The van der Waals surface area contributed by atoms with Crippen LogP contribution >= 0.6 is 0 Å². The molecule has 3 aromatic carbocycles. The smallest absolute Gasteiger partial charge is 0.319 e. The maximum atomic E-state index is 14.7. The molecule has 4 rings (SSSR count). The molecule has 1 unspecified atom stereocenters. The summed E-state index contributed by atoms with van der Waals surface area (Å²) in [5, 5.41) is 5.18. The molecule has 1 aliphatic heterocycles. The van der Waals surface area contributed by atoms with Crippen LogP contribution in [0, 0.1) is 5.82 Å². The standard InChI is InChI=1S/C25H26FN3O3S/c1-17(19-6-4-3-5-7-19)27-25(30)28-24-11-10-22(13-23(24)26)33(31,32)16-18-8-9-20-14-29(2)15-21(20)12-18/h3-13,17H,14-16H2,1-2H3,(H2,27,28,30). The molecule has 0 bridgehead atoms. The molecule has 0 saturated heterocycles. The lowest BCUT2D eigenvalue weighted by molar-refractivity contribution is 0.249. The predicted octanol–water partition coefficient (Wildman–Crippen LogP) is 4.63. The second-order valence-corrected chi connectivity index (χ2v) is 10.4. The summed E-state index contributed by atoms with van der Waals surface area (Å²) in [5.74, 6) is -1.03. The third-order valence-corrected chi connectivity index (χ3v) is 7.39. The fourth-order valence-corrected chi connectivity index (χ4v) is 5.32. The van der Waals surface area contributed by atoms with Crippen molar-refractivity contribution in [2.45, 2.75) is 36.7 Å². The quantitative estimate of drug-likeness (QED) is 0.554. The molecule has 3 aromatic rings. The maximum Gasteiger partial charge on any atom is 0.319 e. The first-order chi connectivity index (χ1) is 15.7. The number of halogens is 1. The van der Waals surface area contributed by atoms with E-state index in [2.05, 4.69) is 15.5 Å². The number of carbonyl (C=O) groups excluding carboxylic acids is 1. The molecule has 8 heteroatoms. The molecule has 0 saturated carbocycles. The number of hydrogen-bond donors (Lipinski definition) is 2. The molecule has 0 radical (unpaired) electrons. The van der Waals surface area contributed by atoms with E-state index in [0.717, 1.165) is 30.3 Å². The number of anilines is 1. The highest BCUT2D eigenvalue weighted by Gasteiger charge is 2.21. The molecular formula is C25H26FN3O3S. The summed E-state index contributed by atoms with van der Waals surface area (Å²) in [4.78, 5) is 14.3. The first-order valence-electron chi connectivity index (χ1n) is 10.7. The number of carbonyl (C=O) groups is 1. The summed E-state index contributed by atoms with van der Waals surface area (Å²) in [6.07, 6.45) is 0. The number of sulfone groups is 1. The van der Waals surface area contributed by atoms with E-state index in [1.165, 1.54) is 17.7 Å². The Morgan fingerprint density at radius 2 is 1.76 bits per heavy atom. The highest BCUT2D eigenvalue weighted by Crippen LogP contribution is 2.26. The molecule has 33 heavy (non-hydrogen) atoms. The van der Waals surface area contributed by atoms with Gasteiger partial charge in [-0.25, -0.2) is 17.6 Å². The average Bonchev–Trinajstić information content (AvgIpc) is 3.14. The van der Waals surface area contributed by atoms with Crippen molar-refractivity contribution in [2.24, 2.45) is 0 Å². The Morgan fingerprint density at radius 1 is 1.03 bits per heavy atom. The van der Waals surface area contributed by atoms with Gasteiger partial charge < -0.3 is 10.6 Å². The lowest BCUT2D eigenvalue weighted by Crippen LogP contribution is -2.31. The van der Waals surface area contributed by atoms with Gasteiger partial charge in [0.25, 0.3) is 0 Å². The van der Waals surface area contributed by atoms with Gasteiger partial charge in [-0.2, -0.15) is 0 Å². The van der Waals surface area contributed by atoms with Crippen molar-refractivity contribution in [3.8, 4) is 0 Å². The number of urea groups is 1. The van der Waals surface area contributed by atoms with Crippen LogP contribution in [-0.2, 0) is 28.7 Å². The Hall–Kier alpha value is -3.23. The summed E-state index contributed by atoms with van der Waals surface area (Å²) in [5.41, 5.74) is 3.80. The molecule has 0 spiro atoms. The van der Waals surface area contributed by atoms with Crippen molar-refractivity contribution in [2.75, 3.05) is 12.4 Å². The highest BCUT2D eigenvalue weighted by atomic mass is 32.2. The lowest BCUT2D eigenvalue weighted by Gasteiger charge is -2.15. The topological polar surface area (TPSA) is 78.5 Å². The molecule has 1 aliphatic rings. The fraction of sp³-hybridized carbons (Fsp3) is 0.240. The number of amides is 2. The second kappa shape index (κ2) is 9.33. The number of hydrogen-bond acceptors (Lipinski definition) is 4. The predicted molar refractivity (Wildman–Crippen MR) is 126 cm³/mol. The molecule has 0 aromatic heterocycles. The molecule has 1 atom stereocenters. The summed E-state index contributed by atoms with van der Waals surface area (Å²) in [7, 11) is -1.74. The third kappa shape index (κ3) is 5.40. The average molecular weight is 468 g/mol. The summed E-state index contributed by atoms with van der Waals surface area (Å²) in [6, 6.07) is 17.7. The van der Waals surface area contributed by atoms with Crippen molar-refractivity contribution in [3.05, 3.63) is 94.8 Å². The monoisotopic (exact) mass is 467 g/mol. The number of nitrogens with one attached hydrogen (secondary N) is 2. The Balaban J connectivity index is 1.43. The summed E-state index contributed by atoms with van der Waals surface area (Å²) in [6.45, 7) is 3.45. The minimum atomic E-state index is -3.75. The zero-order valence-corrected chi connectivity index (χ0v) is 19.3. The minimum Gasteiger partial charge on any atom is -0.331 e. The number of fused-ring (bicyclic) bond motifs is 1. The zero-order chi connectivity index (χ0) is 23.6. The van der Waals surface area contributed by atoms with Crippen LogP contribution in [0.15, 0.2) is 71.6 Å². The van der Waals surface area contributed by atoms with Gasteiger partial charge in [0.15, 0.2) is 9.84 Å². The van der Waals surface area contributed by atoms with E-state index in [1.807, 2.05) is 56.4 Å². The van der Waals surface area contributed by atoms with Gasteiger partial charge in [0.05, 0.1) is 22.4 Å². The Labute approximate surface area is 193 Å². The van der Waals surface area contributed by atoms with Gasteiger partial charge in [0.2, 0.25) is 0 Å². The van der Waals surface area contributed by atoms with Gasteiger partial charge in [-0.15, -0.1) is 0 Å². The Kier molecular flexibility index (Phi) is 6.49. The van der Waals surface area contributed by atoms with Crippen LogP contribution in [0.2, 0.25) is 0 Å². The maximum absolute atomic E-state index is 14.7. The van der Waals surface area contributed by atoms with Crippen LogP contribution in [0.3, 0.4) is 0 Å². The van der Waals surface area contributed by atoms with E-state index >= 15 is 0 Å². The van der Waals surface area contributed by atoms with Gasteiger partial charge in [0, 0.05) is 13.1 Å². The third-order valence-electron chi connectivity index (χ3n) is 5.70. The number of rotatable bonds is 6. The van der Waals surface area contributed by atoms with Crippen molar-refractivity contribution in [1.82, 2.24) is 10.2 Å². The normalized spacial score (nSPS) is 14.5. The van der Waals surface area contributed by atoms with Gasteiger partial charge in [-0.05, 0) is 54.4 Å². The van der Waals surface area contributed by atoms with Crippen LogP contribution in [-0.4, -0.2) is 26.4 Å². The first-order valence-corrected chi connectivity index (χ1v) is 12.3. The van der Waals surface area contributed by atoms with E-state index in [0.29, 0.717) is 5.56 Å². The van der Waals surface area contributed by atoms with E-state index in [1.54, 1.807) is 6.07 Å². The van der Waals surface area contributed by atoms with Crippen LogP contribution in [0.5, 0.6) is 0 Å². The van der Waals surface area contributed by atoms with Gasteiger partial charge in [-0.3, -0.25) is 4.90 Å². The largest absolute Gasteiger partial charge is 0.331 e. The van der Waals surface area contributed by atoms with Crippen LogP contribution in [0.1, 0.15) is 35.2 Å². The number of benzene rings is 3. The van der Waals surface area contributed by atoms with Crippen LogP contribution in [0.4, 0.5) is 14.9 Å². The minimum absolute atomic E-state index is 0.0905. The van der Waals surface area contributed by atoms with Crippen LogP contribution < -0.4 is 10.6 Å². The van der Waals surface area contributed by atoms with Gasteiger partial charge in [-0.1, -0.05) is 48.5 Å². The summed E-state index contributed by atoms with van der Waals surface area (Å²) < 4.78 is 40.4. The molecule has 172 valence electrons. The molecular weight excluding hydrogens is 441 g/mol. The molecule has 1 heterocycles. The molecule has 0 aliphatic carbocycles. The number of nitrogens with zero attached hydrogens (tertiary/aromatic N) is 1. The molecule has 6 nitrogen and oxygen atoms in total. The van der Waals surface area contributed by atoms with Crippen molar-refractivity contribution >= 4 is 21.6 Å².